The lowest BCUT2D eigenvalue weighted by Gasteiger charge is -2.32. The number of nitrogens with zero attached hydrogens (tertiary/aromatic N) is 1. The molecule has 1 unspecified atom stereocenters. The van der Waals surface area contributed by atoms with Gasteiger partial charge in [0.1, 0.15) is 16.7 Å². The molecule has 1 aliphatic rings. The van der Waals surface area contributed by atoms with Crippen LogP contribution in [0.15, 0.2) is 48.5 Å². The van der Waals surface area contributed by atoms with Crippen molar-refractivity contribution in [3.05, 3.63) is 59.7 Å². The summed E-state index contributed by atoms with van der Waals surface area (Å²) in [6, 6.07) is 17.3. The van der Waals surface area contributed by atoms with Gasteiger partial charge in [0.05, 0.1) is 6.04 Å². The summed E-state index contributed by atoms with van der Waals surface area (Å²) in [5.41, 5.74) is 5.06. The van der Waals surface area contributed by atoms with Gasteiger partial charge >= 0.3 is 0 Å². The summed E-state index contributed by atoms with van der Waals surface area (Å²) < 4.78 is 25.4. The Morgan fingerprint density at radius 2 is 1.76 bits per heavy atom. The van der Waals surface area contributed by atoms with Crippen LogP contribution in [0.3, 0.4) is 0 Å². The first-order chi connectivity index (χ1) is 11.9. The molecule has 1 aliphatic heterocycles. The third-order valence-electron chi connectivity index (χ3n) is 4.65. The summed E-state index contributed by atoms with van der Waals surface area (Å²) in [5.74, 6) is 0. The highest BCUT2D eigenvalue weighted by Gasteiger charge is 2.23. The average molecular weight is 359 g/mol. The fraction of sp³-hybridized carbons (Fsp3) is 0.400. The van der Waals surface area contributed by atoms with Gasteiger partial charge in [0.2, 0.25) is 0 Å². The Morgan fingerprint density at radius 3 is 2.40 bits per heavy atom. The first-order valence-electron chi connectivity index (χ1n) is 8.75. The van der Waals surface area contributed by atoms with E-state index in [4.69, 9.17) is 0 Å². The fourth-order valence-electron chi connectivity index (χ4n) is 3.44. The Labute approximate surface area is 151 Å². The second-order valence-corrected chi connectivity index (χ2v) is 8.79. The predicted octanol–water partition coefficient (Wildman–Crippen LogP) is 3.39. The molecule has 25 heavy (non-hydrogen) atoms. The molecule has 3 rings (SSSR count). The van der Waals surface area contributed by atoms with Gasteiger partial charge in [0.25, 0.3) is 0 Å². The van der Waals surface area contributed by atoms with Gasteiger partial charge in [-0.3, -0.25) is 4.90 Å². The minimum atomic E-state index is -3.11. The molecule has 0 radical (unpaired) electrons. The van der Waals surface area contributed by atoms with E-state index in [1.54, 1.807) is 0 Å². The van der Waals surface area contributed by atoms with Crippen LogP contribution in [-0.2, 0) is 21.2 Å². The van der Waals surface area contributed by atoms with E-state index in [2.05, 4.69) is 65.1 Å². The molecule has 1 fully saturated rings. The van der Waals surface area contributed by atoms with E-state index in [0.717, 1.165) is 32.5 Å². The van der Waals surface area contributed by atoms with Crippen molar-refractivity contribution in [2.75, 3.05) is 19.3 Å². The van der Waals surface area contributed by atoms with Gasteiger partial charge in [-0.15, -0.1) is 4.72 Å². The zero-order valence-corrected chi connectivity index (χ0v) is 15.7. The van der Waals surface area contributed by atoms with Crippen LogP contribution in [0.4, 0.5) is 0 Å². The van der Waals surface area contributed by atoms with Crippen molar-refractivity contribution in [1.29, 1.82) is 0 Å². The number of likely N-dealkylation sites (tertiary alicyclic amines) is 1. The largest absolute Gasteiger partial charge is 0.598 e. The lowest BCUT2D eigenvalue weighted by Crippen LogP contribution is -2.45. The number of benzene rings is 2. The first-order valence-corrected chi connectivity index (χ1v) is 10.6. The summed E-state index contributed by atoms with van der Waals surface area (Å²) in [6.07, 6.45) is 2.96. The van der Waals surface area contributed by atoms with Crippen molar-refractivity contribution in [2.24, 2.45) is 0 Å². The molecule has 0 spiro atoms. The number of sulfonamides is 1. The van der Waals surface area contributed by atoms with E-state index in [1.165, 1.54) is 28.5 Å². The van der Waals surface area contributed by atoms with Crippen molar-refractivity contribution in [3.8, 4) is 11.1 Å². The highest BCUT2D eigenvalue weighted by Crippen LogP contribution is 2.23. The topological polar surface area (TPSA) is 55.4 Å². The highest BCUT2D eigenvalue weighted by molar-refractivity contribution is 7.95. The van der Waals surface area contributed by atoms with E-state index < -0.39 is 10.4 Å². The van der Waals surface area contributed by atoms with Crippen LogP contribution in [0, 0.1) is 6.92 Å². The Bertz CT molecular complexity index is 764. The Balaban J connectivity index is 1.61. The van der Waals surface area contributed by atoms with Gasteiger partial charge < -0.3 is 4.55 Å². The van der Waals surface area contributed by atoms with Crippen molar-refractivity contribution < 1.29 is 8.76 Å². The summed E-state index contributed by atoms with van der Waals surface area (Å²) in [7, 11) is -3.11. The molecule has 4 nitrogen and oxygen atoms in total. The van der Waals surface area contributed by atoms with Gasteiger partial charge in [-0.2, -0.15) is 0 Å². The number of hydrogen-bond donors (Lipinski definition) is 1. The Hall–Kier alpha value is -1.53. The zero-order chi connectivity index (χ0) is 17.9. The minimum Gasteiger partial charge on any atom is -0.598 e. The van der Waals surface area contributed by atoms with E-state index >= 15 is 0 Å². The molecule has 2 aromatic rings. The van der Waals surface area contributed by atoms with Gasteiger partial charge in [0.15, 0.2) is 0 Å². The lowest BCUT2D eigenvalue weighted by atomic mass is 10.0. The molecule has 5 heteroatoms. The van der Waals surface area contributed by atoms with Crippen LogP contribution >= 0.6 is 0 Å². The molecule has 0 bridgehead atoms. The molecule has 0 amide bonds. The normalized spacial score (nSPS) is 18.8. The molecular weight excluding hydrogens is 332 g/mol. The molecule has 0 saturated carbocycles. The third-order valence-corrected chi connectivity index (χ3v) is 5.41. The predicted molar refractivity (Wildman–Crippen MR) is 103 cm³/mol. The number of nitrogens with one attached hydrogen (secondary N) is 1. The van der Waals surface area contributed by atoms with Gasteiger partial charge in [-0.25, -0.2) is 0 Å². The Morgan fingerprint density at radius 1 is 1.12 bits per heavy atom. The SMILES string of the molecule is Cc1cccc(-c2cccc(CN3CCC(N[S+](C)(=O)[O-])CC3)c2)c1. The average Bonchev–Trinajstić information content (AvgIpc) is 2.56. The number of piperidine rings is 1. The van der Waals surface area contributed by atoms with E-state index in [1.807, 2.05) is 0 Å². The van der Waals surface area contributed by atoms with Gasteiger partial charge in [-0.1, -0.05) is 52.2 Å². The van der Waals surface area contributed by atoms with Crippen LogP contribution < -0.4 is 4.72 Å². The van der Waals surface area contributed by atoms with Crippen LogP contribution in [0.5, 0.6) is 0 Å². The molecule has 1 saturated heterocycles. The molecule has 134 valence electrons. The molecule has 0 aliphatic carbocycles. The molecular formula is C20H26N2O2S. The van der Waals surface area contributed by atoms with Crippen molar-refractivity contribution in [2.45, 2.75) is 32.4 Å². The maximum Gasteiger partial charge on any atom is 0.120 e. The molecule has 0 aromatic heterocycles. The number of aryl methyl sites for hydroxylation is 1. The number of hydrogen-bond acceptors (Lipinski definition) is 3. The summed E-state index contributed by atoms with van der Waals surface area (Å²) in [4.78, 5) is 2.40. The maximum absolute atomic E-state index is 11.3. The first kappa shape index (κ1) is 18.3. The van der Waals surface area contributed by atoms with E-state index in [0.29, 0.717) is 0 Å². The smallest absolute Gasteiger partial charge is 0.120 e. The van der Waals surface area contributed by atoms with Crippen molar-refractivity contribution >= 4 is 10.4 Å². The number of rotatable bonds is 5. The highest BCUT2D eigenvalue weighted by atomic mass is 32.3. The lowest BCUT2D eigenvalue weighted by molar-refractivity contribution is 0.199. The molecule has 1 atom stereocenters. The molecule has 2 aromatic carbocycles. The monoisotopic (exact) mass is 358 g/mol. The standard InChI is InChI=1S/C20H26N2O2S/c1-16-5-3-7-18(13-16)19-8-4-6-17(14-19)15-22-11-9-20(10-12-22)21-25(2,23)24/h3-8,13-14,20H,9-12,15H2,1-2H3,(H-,21,23,24). The summed E-state index contributed by atoms with van der Waals surface area (Å²) >= 11 is 0. The second-order valence-electron chi connectivity index (χ2n) is 7.01. The third kappa shape index (κ3) is 5.47. The molecule has 1 heterocycles. The van der Waals surface area contributed by atoms with Crippen LogP contribution in [0.1, 0.15) is 24.0 Å². The maximum atomic E-state index is 11.3. The fourth-order valence-corrected chi connectivity index (χ4v) is 4.28. The van der Waals surface area contributed by atoms with Gasteiger partial charge in [0, 0.05) is 19.6 Å². The van der Waals surface area contributed by atoms with Gasteiger partial charge in [-0.05, 0) is 42.5 Å². The summed E-state index contributed by atoms with van der Waals surface area (Å²) in [6.45, 7) is 4.86. The van der Waals surface area contributed by atoms with Crippen LogP contribution in [0.2, 0.25) is 0 Å². The molecule has 1 N–H and O–H groups in total. The quantitative estimate of drug-likeness (QED) is 0.834. The van der Waals surface area contributed by atoms with Crippen LogP contribution in [-0.4, -0.2) is 34.8 Å². The summed E-state index contributed by atoms with van der Waals surface area (Å²) in [5, 5.41) is 0. The second kappa shape index (κ2) is 7.79. The zero-order valence-electron chi connectivity index (χ0n) is 14.9. The van der Waals surface area contributed by atoms with Crippen LogP contribution in [0.25, 0.3) is 11.1 Å². The van der Waals surface area contributed by atoms with Crippen molar-refractivity contribution in [3.63, 3.8) is 0 Å². The van der Waals surface area contributed by atoms with Crippen molar-refractivity contribution in [1.82, 2.24) is 9.62 Å². The van der Waals surface area contributed by atoms with E-state index in [9.17, 15) is 8.76 Å². The van der Waals surface area contributed by atoms with E-state index in [-0.39, 0.29) is 6.04 Å². The minimum absolute atomic E-state index is 0.0740. The Kier molecular flexibility index (Phi) is 5.69.